The lowest BCUT2D eigenvalue weighted by atomic mass is 10.1. The molecule has 0 aromatic carbocycles. The fourth-order valence-corrected chi connectivity index (χ4v) is 1.44. The Balaban J connectivity index is 2.68. The summed E-state index contributed by atoms with van der Waals surface area (Å²) in [5.74, 6) is 0.771. The lowest BCUT2D eigenvalue weighted by Gasteiger charge is -2.36. The van der Waals surface area contributed by atoms with Crippen LogP contribution in [-0.2, 0) is 4.79 Å². The number of hydrogen-bond donors (Lipinski definition) is 2. The molecule has 1 aliphatic heterocycles. The molecule has 4 nitrogen and oxygen atoms in total. The number of piperazine rings is 1. The normalized spacial score (nSPS) is 23.2. The van der Waals surface area contributed by atoms with Crippen LogP contribution in [0, 0.1) is 11.3 Å². The first-order valence-corrected chi connectivity index (χ1v) is 4.67. The van der Waals surface area contributed by atoms with Crippen LogP contribution in [0.1, 0.15) is 20.8 Å². The Morgan fingerprint density at radius 2 is 2.31 bits per heavy atom. The number of hydrogen-bond acceptors (Lipinski definition) is 2. The van der Waals surface area contributed by atoms with Crippen LogP contribution in [0.2, 0.25) is 0 Å². The highest BCUT2D eigenvalue weighted by Gasteiger charge is 2.27. The number of amidine groups is 1. The van der Waals surface area contributed by atoms with E-state index in [4.69, 9.17) is 5.41 Å². The van der Waals surface area contributed by atoms with Gasteiger partial charge in [0.05, 0.1) is 5.84 Å². The molecule has 1 aliphatic rings. The SMILES string of the molecule is CC(C)C(=N)N1CCNC(=O)C1C. The van der Waals surface area contributed by atoms with Crippen LogP contribution < -0.4 is 5.32 Å². The number of carbonyl (C=O) groups excluding carboxylic acids is 1. The van der Waals surface area contributed by atoms with Gasteiger partial charge in [0.25, 0.3) is 0 Å². The van der Waals surface area contributed by atoms with Gasteiger partial charge in [-0.15, -0.1) is 0 Å². The van der Waals surface area contributed by atoms with Crippen molar-refractivity contribution >= 4 is 11.7 Å². The van der Waals surface area contributed by atoms with Gasteiger partial charge in [-0.25, -0.2) is 0 Å². The maximum atomic E-state index is 11.3. The van der Waals surface area contributed by atoms with Crippen LogP contribution in [0.25, 0.3) is 0 Å². The Bertz CT molecular complexity index is 225. The smallest absolute Gasteiger partial charge is 0.242 e. The topological polar surface area (TPSA) is 56.2 Å². The second kappa shape index (κ2) is 3.77. The Labute approximate surface area is 78.8 Å². The molecule has 0 aliphatic carbocycles. The predicted octanol–water partition coefficient (Wildman–Crippen LogP) is 0.440. The summed E-state index contributed by atoms with van der Waals surface area (Å²) in [5.41, 5.74) is 0. The molecule has 0 bridgehead atoms. The molecule has 0 aromatic rings. The molecule has 13 heavy (non-hydrogen) atoms. The number of carbonyl (C=O) groups is 1. The molecule has 2 N–H and O–H groups in total. The van der Waals surface area contributed by atoms with Crippen molar-refractivity contribution in [3.8, 4) is 0 Å². The third-order valence-corrected chi connectivity index (χ3v) is 2.36. The Morgan fingerprint density at radius 1 is 1.69 bits per heavy atom. The van der Waals surface area contributed by atoms with Gasteiger partial charge < -0.3 is 10.2 Å². The van der Waals surface area contributed by atoms with Crippen LogP contribution in [-0.4, -0.2) is 35.8 Å². The Morgan fingerprint density at radius 3 is 2.85 bits per heavy atom. The van der Waals surface area contributed by atoms with E-state index in [0.717, 1.165) is 6.54 Å². The van der Waals surface area contributed by atoms with Crippen molar-refractivity contribution < 1.29 is 4.79 Å². The minimum absolute atomic E-state index is 0.0247. The first-order chi connectivity index (χ1) is 6.04. The molecular formula is C9H17N3O. The highest BCUT2D eigenvalue weighted by Crippen LogP contribution is 2.09. The molecule has 0 spiro atoms. The monoisotopic (exact) mass is 183 g/mol. The van der Waals surface area contributed by atoms with Crippen LogP contribution in [0.5, 0.6) is 0 Å². The van der Waals surface area contributed by atoms with Gasteiger partial charge >= 0.3 is 0 Å². The molecule has 1 unspecified atom stereocenters. The standard InChI is InChI=1S/C9H17N3O/c1-6(2)8(10)12-5-4-11-9(13)7(12)3/h6-7,10H,4-5H2,1-3H3,(H,11,13). The average Bonchev–Trinajstić information content (AvgIpc) is 2.08. The van der Waals surface area contributed by atoms with E-state index >= 15 is 0 Å². The van der Waals surface area contributed by atoms with Gasteiger partial charge in [-0.05, 0) is 6.92 Å². The first kappa shape index (κ1) is 10.0. The van der Waals surface area contributed by atoms with Crippen LogP contribution >= 0.6 is 0 Å². The summed E-state index contributed by atoms with van der Waals surface area (Å²) in [6.45, 7) is 7.19. The van der Waals surface area contributed by atoms with E-state index in [1.165, 1.54) is 0 Å². The molecule has 74 valence electrons. The lowest BCUT2D eigenvalue weighted by Crippen LogP contribution is -2.56. The third kappa shape index (κ3) is 1.99. The summed E-state index contributed by atoms with van der Waals surface area (Å²) in [7, 11) is 0. The second-order valence-electron chi connectivity index (χ2n) is 3.70. The number of nitrogens with one attached hydrogen (secondary N) is 2. The second-order valence-corrected chi connectivity index (χ2v) is 3.70. The van der Waals surface area contributed by atoms with Gasteiger partial charge in [-0.3, -0.25) is 10.2 Å². The predicted molar refractivity (Wildman–Crippen MR) is 51.7 cm³/mol. The molecule has 0 aromatic heterocycles. The minimum Gasteiger partial charge on any atom is -0.353 e. The summed E-state index contributed by atoms with van der Waals surface area (Å²) in [6.07, 6.45) is 0. The van der Waals surface area contributed by atoms with Gasteiger partial charge in [-0.1, -0.05) is 13.8 Å². The molecule has 4 heteroatoms. The zero-order valence-corrected chi connectivity index (χ0v) is 8.42. The average molecular weight is 183 g/mol. The van der Waals surface area contributed by atoms with E-state index in [9.17, 15) is 4.79 Å². The Kier molecular flexibility index (Phi) is 2.90. The molecular weight excluding hydrogens is 166 g/mol. The molecule has 1 heterocycles. The maximum Gasteiger partial charge on any atom is 0.242 e. The fourth-order valence-electron chi connectivity index (χ4n) is 1.44. The molecule has 1 rings (SSSR count). The molecule has 0 saturated carbocycles. The summed E-state index contributed by atoms with van der Waals surface area (Å²) < 4.78 is 0. The van der Waals surface area contributed by atoms with Crippen molar-refractivity contribution in [1.29, 1.82) is 5.41 Å². The van der Waals surface area contributed by atoms with Crippen molar-refractivity contribution in [2.24, 2.45) is 5.92 Å². The van der Waals surface area contributed by atoms with Crippen molar-refractivity contribution in [2.45, 2.75) is 26.8 Å². The third-order valence-electron chi connectivity index (χ3n) is 2.36. The number of rotatable bonds is 1. The number of amides is 1. The van der Waals surface area contributed by atoms with Crippen LogP contribution in [0.3, 0.4) is 0 Å². The van der Waals surface area contributed by atoms with E-state index in [2.05, 4.69) is 5.32 Å². The van der Waals surface area contributed by atoms with E-state index in [0.29, 0.717) is 12.4 Å². The zero-order valence-electron chi connectivity index (χ0n) is 8.42. The first-order valence-electron chi connectivity index (χ1n) is 4.67. The van der Waals surface area contributed by atoms with Gasteiger partial charge in [0.2, 0.25) is 5.91 Å². The quantitative estimate of drug-likeness (QED) is 0.458. The molecule has 1 amide bonds. The number of nitrogens with zero attached hydrogens (tertiary/aromatic N) is 1. The largest absolute Gasteiger partial charge is 0.353 e. The van der Waals surface area contributed by atoms with Crippen LogP contribution in [0.4, 0.5) is 0 Å². The van der Waals surface area contributed by atoms with Crippen molar-refractivity contribution in [3.63, 3.8) is 0 Å². The summed E-state index contributed by atoms with van der Waals surface area (Å²) >= 11 is 0. The van der Waals surface area contributed by atoms with Crippen LogP contribution in [0.15, 0.2) is 0 Å². The summed E-state index contributed by atoms with van der Waals surface area (Å²) in [6, 6.07) is -0.191. The van der Waals surface area contributed by atoms with Gasteiger partial charge in [-0.2, -0.15) is 0 Å². The van der Waals surface area contributed by atoms with Crippen molar-refractivity contribution in [3.05, 3.63) is 0 Å². The summed E-state index contributed by atoms with van der Waals surface area (Å²) in [4.78, 5) is 13.1. The molecule has 0 radical (unpaired) electrons. The van der Waals surface area contributed by atoms with E-state index in [-0.39, 0.29) is 17.9 Å². The molecule has 1 fully saturated rings. The van der Waals surface area contributed by atoms with E-state index in [1.807, 2.05) is 25.7 Å². The van der Waals surface area contributed by atoms with E-state index < -0.39 is 0 Å². The Hall–Kier alpha value is -1.06. The molecule has 1 atom stereocenters. The summed E-state index contributed by atoms with van der Waals surface area (Å²) in [5, 5.41) is 10.6. The minimum atomic E-state index is -0.191. The van der Waals surface area contributed by atoms with Gasteiger partial charge in [0.15, 0.2) is 0 Å². The van der Waals surface area contributed by atoms with Gasteiger partial charge in [0, 0.05) is 19.0 Å². The maximum absolute atomic E-state index is 11.3. The van der Waals surface area contributed by atoms with Gasteiger partial charge in [0.1, 0.15) is 6.04 Å². The molecule has 1 saturated heterocycles. The zero-order chi connectivity index (χ0) is 10.0. The fraction of sp³-hybridized carbons (Fsp3) is 0.778. The van der Waals surface area contributed by atoms with E-state index in [1.54, 1.807) is 0 Å². The lowest BCUT2D eigenvalue weighted by molar-refractivity contribution is -0.126. The highest BCUT2D eigenvalue weighted by atomic mass is 16.2. The van der Waals surface area contributed by atoms with Crippen molar-refractivity contribution in [2.75, 3.05) is 13.1 Å². The van der Waals surface area contributed by atoms with Crippen molar-refractivity contribution in [1.82, 2.24) is 10.2 Å². The highest BCUT2D eigenvalue weighted by molar-refractivity contribution is 5.90.